The molecule has 0 spiro atoms. The fraction of sp³-hybridized carbons (Fsp3) is 0.462. The molecule has 18 heavy (non-hydrogen) atoms. The molecule has 0 radical (unpaired) electrons. The highest BCUT2D eigenvalue weighted by atomic mass is 16.3. The summed E-state index contributed by atoms with van der Waals surface area (Å²) in [5.41, 5.74) is 6.66. The van der Waals surface area contributed by atoms with Crippen LogP contribution in [0.5, 0.6) is 0 Å². The first-order valence-electron chi connectivity index (χ1n) is 6.01. The zero-order chi connectivity index (χ0) is 13.4. The van der Waals surface area contributed by atoms with Crippen molar-refractivity contribution in [2.24, 2.45) is 5.73 Å². The zero-order valence-corrected chi connectivity index (χ0v) is 10.2. The number of benzene rings is 1. The Morgan fingerprint density at radius 1 is 1.33 bits per heavy atom. The lowest BCUT2D eigenvalue weighted by atomic mass is 10.1. The predicted octanol–water partition coefficient (Wildman–Crippen LogP) is -0.584. The molecule has 100 valence electrons. The quantitative estimate of drug-likeness (QED) is 0.522. The van der Waals surface area contributed by atoms with Gasteiger partial charge in [-0.05, 0) is 18.4 Å². The highest BCUT2D eigenvalue weighted by molar-refractivity contribution is 5.81. The Morgan fingerprint density at radius 2 is 2.00 bits per heavy atom. The van der Waals surface area contributed by atoms with E-state index < -0.39 is 18.1 Å². The van der Waals surface area contributed by atoms with Crippen LogP contribution in [-0.4, -0.2) is 41.4 Å². The minimum absolute atomic E-state index is 0.143. The van der Waals surface area contributed by atoms with Gasteiger partial charge in [0.2, 0.25) is 5.91 Å². The Bertz CT molecular complexity index is 357. The highest BCUT2D eigenvalue weighted by Crippen LogP contribution is 1.99. The first-order chi connectivity index (χ1) is 8.65. The SMILES string of the molecule is NC(CCO)C(O)C(=O)NCCc1ccccc1. The summed E-state index contributed by atoms with van der Waals surface area (Å²) >= 11 is 0. The summed E-state index contributed by atoms with van der Waals surface area (Å²) in [7, 11) is 0. The van der Waals surface area contributed by atoms with Gasteiger partial charge in [-0.3, -0.25) is 4.79 Å². The van der Waals surface area contributed by atoms with Crippen molar-refractivity contribution >= 4 is 5.91 Å². The summed E-state index contributed by atoms with van der Waals surface area (Å²) < 4.78 is 0. The number of rotatable bonds is 7. The van der Waals surface area contributed by atoms with E-state index in [-0.39, 0.29) is 13.0 Å². The molecule has 0 saturated heterocycles. The first-order valence-corrected chi connectivity index (χ1v) is 6.01. The largest absolute Gasteiger partial charge is 0.396 e. The molecular weight excluding hydrogens is 232 g/mol. The second kappa shape index (κ2) is 7.81. The number of carbonyl (C=O) groups is 1. The van der Waals surface area contributed by atoms with Crippen LogP contribution >= 0.6 is 0 Å². The number of nitrogens with two attached hydrogens (primary N) is 1. The lowest BCUT2D eigenvalue weighted by molar-refractivity contribution is -0.130. The van der Waals surface area contributed by atoms with E-state index in [1.807, 2.05) is 30.3 Å². The van der Waals surface area contributed by atoms with Gasteiger partial charge in [0.25, 0.3) is 0 Å². The van der Waals surface area contributed by atoms with Crippen molar-refractivity contribution in [3.63, 3.8) is 0 Å². The number of nitrogens with one attached hydrogen (secondary N) is 1. The second-order valence-corrected chi connectivity index (χ2v) is 4.15. The van der Waals surface area contributed by atoms with Gasteiger partial charge in [-0.2, -0.15) is 0 Å². The molecule has 1 aromatic carbocycles. The van der Waals surface area contributed by atoms with Crippen molar-refractivity contribution in [2.45, 2.75) is 25.0 Å². The molecule has 0 saturated carbocycles. The summed E-state index contributed by atoms with van der Waals surface area (Å²) in [5.74, 6) is -0.494. The fourth-order valence-electron chi connectivity index (χ4n) is 1.58. The maximum Gasteiger partial charge on any atom is 0.250 e. The molecule has 2 unspecified atom stereocenters. The van der Waals surface area contributed by atoms with Crippen molar-refractivity contribution in [2.75, 3.05) is 13.2 Å². The number of hydrogen-bond acceptors (Lipinski definition) is 4. The Morgan fingerprint density at radius 3 is 2.61 bits per heavy atom. The molecule has 0 fully saturated rings. The van der Waals surface area contributed by atoms with Gasteiger partial charge < -0.3 is 21.3 Å². The monoisotopic (exact) mass is 252 g/mol. The minimum Gasteiger partial charge on any atom is -0.396 e. The maximum atomic E-state index is 11.5. The number of aliphatic hydroxyl groups excluding tert-OH is 2. The third kappa shape index (κ3) is 4.83. The zero-order valence-electron chi connectivity index (χ0n) is 10.2. The predicted molar refractivity (Wildman–Crippen MR) is 68.8 cm³/mol. The third-order valence-electron chi connectivity index (χ3n) is 2.69. The Balaban J connectivity index is 2.28. The second-order valence-electron chi connectivity index (χ2n) is 4.15. The highest BCUT2D eigenvalue weighted by Gasteiger charge is 2.21. The molecule has 0 aliphatic rings. The molecule has 5 N–H and O–H groups in total. The van der Waals surface area contributed by atoms with E-state index in [0.29, 0.717) is 13.0 Å². The summed E-state index contributed by atoms with van der Waals surface area (Å²) in [4.78, 5) is 11.5. The molecule has 0 aliphatic carbocycles. The lowest BCUT2D eigenvalue weighted by Crippen LogP contribution is -2.47. The summed E-state index contributed by atoms with van der Waals surface area (Å²) in [6, 6.07) is 9.01. The standard InChI is InChI=1S/C13H20N2O3/c14-11(7-9-16)12(17)13(18)15-8-6-10-4-2-1-3-5-10/h1-5,11-12,16-17H,6-9,14H2,(H,15,18). The van der Waals surface area contributed by atoms with Crippen molar-refractivity contribution in [3.8, 4) is 0 Å². The van der Waals surface area contributed by atoms with Crippen LogP contribution in [0.15, 0.2) is 30.3 Å². The first kappa shape index (κ1) is 14.6. The van der Waals surface area contributed by atoms with E-state index in [2.05, 4.69) is 5.32 Å². The Hall–Kier alpha value is -1.43. The van der Waals surface area contributed by atoms with Crippen molar-refractivity contribution in [3.05, 3.63) is 35.9 Å². The van der Waals surface area contributed by atoms with E-state index in [0.717, 1.165) is 5.56 Å². The van der Waals surface area contributed by atoms with E-state index in [4.69, 9.17) is 10.8 Å². The molecule has 1 amide bonds. The third-order valence-corrected chi connectivity index (χ3v) is 2.69. The number of aliphatic hydroxyl groups is 2. The van der Waals surface area contributed by atoms with Gasteiger partial charge in [-0.25, -0.2) is 0 Å². The average Bonchev–Trinajstić information content (AvgIpc) is 2.39. The van der Waals surface area contributed by atoms with E-state index in [9.17, 15) is 9.90 Å². The smallest absolute Gasteiger partial charge is 0.250 e. The molecule has 1 rings (SSSR count). The summed E-state index contributed by atoms with van der Waals surface area (Å²) in [6.07, 6.45) is -0.366. The van der Waals surface area contributed by atoms with E-state index in [1.165, 1.54) is 0 Å². The summed E-state index contributed by atoms with van der Waals surface area (Å²) in [6.45, 7) is 0.307. The van der Waals surface area contributed by atoms with Gasteiger partial charge in [0, 0.05) is 19.2 Å². The molecule has 0 bridgehead atoms. The van der Waals surface area contributed by atoms with Gasteiger partial charge >= 0.3 is 0 Å². The van der Waals surface area contributed by atoms with Crippen molar-refractivity contribution in [1.29, 1.82) is 0 Å². The molecule has 2 atom stereocenters. The van der Waals surface area contributed by atoms with Crippen LogP contribution in [0.4, 0.5) is 0 Å². The normalized spacial score (nSPS) is 13.9. The van der Waals surface area contributed by atoms with Crippen molar-refractivity contribution < 1.29 is 15.0 Å². The average molecular weight is 252 g/mol. The number of hydrogen-bond donors (Lipinski definition) is 4. The lowest BCUT2D eigenvalue weighted by Gasteiger charge is -2.17. The Kier molecular flexibility index (Phi) is 6.35. The number of amides is 1. The van der Waals surface area contributed by atoms with E-state index in [1.54, 1.807) is 0 Å². The van der Waals surface area contributed by atoms with Crippen LogP contribution in [0.2, 0.25) is 0 Å². The molecule has 0 aromatic heterocycles. The summed E-state index contributed by atoms with van der Waals surface area (Å²) in [5, 5.41) is 20.9. The van der Waals surface area contributed by atoms with Crippen LogP contribution in [0.3, 0.4) is 0 Å². The van der Waals surface area contributed by atoms with Crippen LogP contribution in [0.1, 0.15) is 12.0 Å². The molecule has 5 nitrogen and oxygen atoms in total. The fourth-order valence-corrected chi connectivity index (χ4v) is 1.58. The molecule has 5 heteroatoms. The maximum absolute atomic E-state index is 11.5. The number of carbonyl (C=O) groups excluding carboxylic acids is 1. The van der Waals surface area contributed by atoms with Gasteiger partial charge in [-0.1, -0.05) is 30.3 Å². The van der Waals surface area contributed by atoms with Crippen LogP contribution < -0.4 is 11.1 Å². The van der Waals surface area contributed by atoms with Gasteiger partial charge in [0.1, 0.15) is 6.10 Å². The van der Waals surface area contributed by atoms with Gasteiger partial charge in [0.05, 0.1) is 0 Å². The Labute approximate surface area is 107 Å². The van der Waals surface area contributed by atoms with Crippen LogP contribution in [0, 0.1) is 0 Å². The topological polar surface area (TPSA) is 95.6 Å². The van der Waals surface area contributed by atoms with Gasteiger partial charge in [0.15, 0.2) is 0 Å². The molecule has 1 aromatic rings. The molecule has 0 aliphatic heterocycles. The van der Waals surface area contributed by atoms with Crippen molar-refractivity contribution in [1.82, 2.24) is 5.32 Å². The minimum atomic E-state index is -1.27. The van der Waals surface area contributed by atoms with Gasteiger partial charge in [-0.15, -0.1) is 0 Å². The molecule has 0 heterocycles. The van der Waals surface area contributed by atoms with Crippen LogP contribution in [0.25, 0.3) is 0 Å². The molecular formula is C13H20N2O3. The van der Waals surface area contributed by atoms with E-state index >= 15 is 0 Å². The van der Waals surface area contributed by atoms with Crippen LogP contribution in [-0.2, 0) is 11.2 Å².